The van der Waals surface area contributed by atoms with Crippen LogP contribution in [0.3, 0.4) is 0 Å². The van der Waals surface area contributed by atoms with Crippen LogP contribution in [0.2, 0.25) is 0 Å². The highest BCUT2D eigenvalue weighted by Gasteiger charge is 2.33. The summed E-state index contributed by atoms with van der Waals surface area (Å²) in [6.07, 6.45) is 1.48. The van der Waals surface area contributed by atoms with Crippen LogP contribution in [0.15, 0.2) is 21.2 Å². The van der Waals surface area contributed by atoms with Gasteiger partial charge in [-0.2, -0.15) is 0 Å². The Balaban J connectivity index is 2.17. The molecule has 0 N–H and O–H groups in total. The van der Waals surface area contributed by atoms with Gasteiger partial charge in [-0.05, 0) is 35.8 Å². The zero-order valence-corrected chi connectivity index (χ0v) is 12.1. The first kappa shape index (κ1) is 12.8. The van der Waals surface area contributed by atoms with Gasteiger partial charge in [0.25, 0.3) is 5.91 Å². The number of hydrogen-bond donors (Lipinski definition) is 0. The first-order valence-corrected chi connectivity index (χ1v) is 7.49. The van der Waals surface area contributed by atoms with Gasteiger partial charge in [0.2, 0.25) is 5.76 Å². The predicted octanol–water partition coefficient (Wildman–Crippen LogP) is 2.02. The lowest BCUT2D eigenvalue weighted by Crippen LogP contribution is -2.49. The van der Waals surface area contributed by atoms with E-state index in [2.05, 4.69) is 15.9 Å². The molecule has 1 aromatic rings. The molecule has 17 heavy (non-hydrogen) atoms. The molecular weight excluding hydrogens is 306 g/mol. The smallest absolute Gasteiger partial charge is 0.290 e. The number of carbonyl (C=O) groups is 1. The minimum absolute atomic E-state index is 0.0106. The van der Waals surface area contributed by atoms with E-state index < -0.39 is 10.8 Å². The lowest BCUT2D eigenvalue weighted by atomic mass is 10.3. The fourth-order valence-electron chi connectivity index (χ4n) is 1.99. The molecule has 2 heterocycles. The van der Waals surface area contributed by atoms with Gasteiger partial charge in [0.15, 0.2) is 0 Å². The van der Waals surface area contributed by atoms with Crippen molar-refractivity contribution in [3.63, 3.8) is 0 Å². The fourth-order valence-corrected chi connectivity index (χ4v) is 3.81. The molecule has 0 spiro atoms. The van der Waals surface area contributed by atoms with E-state index in [-0.39, 0.29) is 16.4 Å². The second-order valence-corrected chi connectivity index (χ2v) is 7.38. The van der Waals surface area contributed by atoms with E-state index in [1.165, 1.54) is 6.26 Å². The standard InChI is InChI=1S/C11H14BrNO3S/c1-7-5-13(6-8(2)17(7)15)11(14)10-9(12)3-4-16-10/h3-4,7-8H,5-6H2,1-2H3. The van der Waals surface area contributed by atoms with Gasteiger partial charge in [-0.15, -0.1) is 0 Å². The van der Waals surface area contributed by atoms with Crippen molar-refractivity contribution in [2.45, 2.75) is 24.3 Å². The van der Waals surface area contributed by atoms with E-state index in [0.29, 0.717) is 23.3 Å². The Morgan fingerprint density at radius 2 is 2.06 bits per heavy atom. The third kappa shape index (κ3) is 2.47. The number of rotatable bonds is 1. The molecule has 1 saturated heterocycles. The summed E-state index contributed by atoms with van der Waals surface area (Å²) in [5.41, 5.74) is 0. The summed E-state index contributed by atoms with van der Waals surface area (Å²) in [5, 5.41) is 0.0212. The molecule has 2 atom stereocenters. The van der Waals surface area contributed by atoms with Crippen LogP contribution in [0.25, 0.3) is 0 Å². The van der Waals surface area contributed by atoms with Crippen LogP contribution >= 0.6 is 15.9 Å². The Morgan fingerprint density at radius 1 is 1.47 bits per heavy atom. The highest BCUT2D eigenvalue weighted by molar-refractivity contribution is 9.10. The quantitative estimate of drug-likeness (QED) is 0.795. The van der Waals surface area contributed by atoms with E-state index in [1.54, 1.807) is 11.0 Å². The van der Waals surface area contributed by atoms with Crippen molar-refractivity contribution in [3.05, 3.63) is 22.6 Å². The summed E-state index contributed by atoms with van der Waals surface area (Å²) in [5.74, 6) is 0.175. The topological polar surface area (TPSA) is 50.5 Å². The first-order chi connectivity index (χ1) is 8.00. The number of amides is 1. The van der Waals surface area contributed by atoms with Gasteiger partial charge in [-0.3, -0.25) is 9.00 Å². The van der Waals surface area contributed by atoms with Crippen molar-refractivity contribution in [1.29, 1.82) is 0 Å². The van der Waals surface area contributed by atoms with E-state index in [9.17, 15) is 9.00 Å². The third-order valence-corrected chi connectivity index (χ3v) is 5.36. The monoisotopic (exact) mass is 319 g/mol. The molecular formula is C11H14BrNO3S. The molecule has 1 aliphatic heterocycles. The van der Waals surface area contributed by atoms with Crippen molar-refractivity contribution in [2.24, 2.45) is 0 Å². The molecule has 0 saturated carbocycles. The van der Waals surface area contributed by atoms with Crippen molar-refractivity contribution in [3.8, 4) is 0 Å². The molecule has 1 aromatic heterocycles. The number of carbonyl (C=O) groups excluding carboxylic acids is 1. The molecule has 6 heteroatoms. The Morgan fingerprint density at radius 3 is 2.53 bits per heavy atom. The Kier molecular flexibility index (Phi) is 3.73. The number of furan rings is 1. The summed E-state index contributed by atoms with van der Waals surface area (Å²) >= 11 is 3.27. The van der Waals surface area contributed by atoms with E-state index in [4.69, 9.17) is 4.42 Å². The van der Waals surface area contributed by atoms with Gasteiger partial charge in [0.1, 0.15) is 0 Å². The molecule has 2 unspecified atom stereocenters. The van der Waals surface area contributed by atoms with Crippen molar-refractivity contribution < 1.29 is 13.4 Å². The van der Waals surface area contributed by atoms with E-state index in [1.807, 2.05) is 13.8 Å². The van der Waals surface area contributed by atoms with Crippen LogP contribution in [0.4, 0.5) is 0 Å². The average Bonchev–Trinajstić information content (AvgIpc) is 2.70. The van der Waals surface area contributed by atoms with Crippen LogP contribution in [0.5, 0.6) is 0 Å². The molecule has 1 amide bonds. The molecule has 94 valence electrons. The second-order valence-electron chi connectivity index (χ2n) is 4.26. The van der Waals surface area contributed by atoms with Gasteiger partial charge in [-0.1, -0.05) is 0 Å². The number of halogens is 1. The molecule has 0 bridgehead atoms. The molecule has 2 rings (SSSR count). The largest absolute Gasteiger partial charge is 0.458 e. The average molecular weight is 320 g/mol. The van der Waals surface area contributed by atoms with Crippen molar-refractivity contribution >= 4 is 32.6 Å². The summed E-state index contributed by atoms with van der Waals surface area (Å²) in [7, 11) is -0.855. The SMILES string of the molecule is CC1CN(C(=O)c2occc2Br)CC(C)S1=O. The normalized spacial score (nSPS) is 29.4. The Labute approximate surface area is 111 Å². The van der Waals surface area contributed by atoms with Gasteiger partial charge in [0, 0.05) is 34.4 Å². The lowest BCUT2D eigenvalue weighted by Gasteiger charge is -2.33. The van der Waals surface area contributed by atoms with Crippen LogP contribution < -0.4 is 0 Å². The molecule has 0 aromatic carbocycles. The second kappa shape index (κ2) is 4.94. The number of nitrogens with zero attached hydrogens (tertiary/aromatic N) is 1. The van der Waals surface area contributed by atoms with Gasteiger partial charge >= 0.3 is 0 Å². The maximum Gasteiger partial charge on any atom is 0.290 e. The summed E-state index contributed by atoms with van der Waals surface area (Å²) in [6, 6.07) is 1.70. The van der Waals surface area contributed by atoms with Crippen LogP contribution in [-0.4, -0.2) is 38.6 Å². The van der Waals surface area contributed by atoms with Crippen molar-refractivity contribution in [2.75, 3.05) is 13.1 Å². The molecule has 0 radical (unpaired) electrons. The minimum atomic E-state index is -0.855. The van der Waals surface area contributed by atoms with Crippen molar-refractivity contribution in [1.82, 2.24) is 4.90 Å². The van der Waals surface area contributed by atoms with E-state index in [0.717, 1.165) is 0 Å². The third-order valence-electron chi connectivity index (χ3n) is 2.85. The van der Waals surface area contributed by atoms with E-state index >= 15 is 0 Å². The zero-order chi connectivity index (χ0) is 12.6. The summed E-state index contributed by atoms with van der Waals surface area (Å²) in [6.45, 7) is 4.85. The summed E-state index contributed by atoms with van der Waals surface area (Å²) in [4.78, 5) is 13.9. The lowest BCUT2D eigenvalue weighted by molar-refractivity contribution is 0.0718. The predicted molar refractivity (Wildman–Crippen MR) is 69.4 cm³/mol. The zero-order valence-electron chi connectivity index (χ0n) is 9.68. The van der Waals surface area contributed by atoms with Crippen LogP contribution in [0, 0.1) is 0 Å². The molecule has 1 aliphatic rings. The van der Waals surface area contributed by atoms with Gasteiger partial charge in [-0.25, -0.2) is 0 Å². The van der Waals surface area contributed by atoms with Crippen LogP contribution in [0.1, 0.15) is 24.4 Å². The highest BCUT2D eigenvalue weighted by Crippen LogP contribution is 2.22. The van der Waals surface area contributed by atoms with Gasteiger partial charge in [0.05, 0.1) is 10.7 Å². The van der Waals surface area contributed by atoms with Crippen LogP contribution in [-0.2, 0) is 10.8 Å². The molecule has 4 nitrogen and oxygen atoms in total. The first-order valence-electron chi connectivity index (χ1n) is 5.42. The minimum Gasteiger partial charge on any atom is -0.458 e. The molecule has 1 fully saturated rings. The number of hydrogen-bond acceptors (Lipinski definition) is 3. The Bertz CT molecular complexity index is 445. The fraction of sp³-hybridized carbons (Fsp3) is 0.545. The highest BCUT2D eigenvalue weighted by atomic mass is 79.9. The Hall–Kier alpha value is -0.620. The van der Waals surface area contributed by atoms with Gasteiger partial charge < -0.3 is 9.32 Å². The molecule has 0 aliphatic carbocycles. The maximum absolute atomic E-state index is 12.2. The maximum atomic E-state index is 12.2. The summed E-state index contributed by atoms with van der Waals surface area (Å²) < 4.78 is 17.6.